The first-order chi connectivity index (χ1) is 22.8. The molecule has 1 N–H and O–H groups in total. The van der Waals surface area contributed by atoms with E-state index in [-0.39, 0.29) is 18.5 Å². The fraction of sp³-hybridized carbons (Fsp3) is 0.316. The molecule has 246 valence electrons. The molecule has 1 aliphatic carbocycles. The smallest absolute Gasteiger partial charge is 0.244 e. The van der Waals surface area contributed by atoms with Crippen molar-refractivity contribution in [3.05, 3.63) is 132 Å². The molecule has 5 rings (SSSR count). The van der Waals surface area contributed by atoms with E-state index in [9.17, 15) is 18.0 Å². The fourth-order valence-corrected chi connectivity index (χ4v) is 6.79. The zero-order chi connectivity index (χ0) is 33.1. The number of benzene rings is 4. The Morgan fingerprint density at radius 2 is 1.32 bits per heavy atom. The molecule has 4 aromatic rings. The number of rotatable bonds is 14. The van der Waals surface area contributed by atoms with E-state index in [1.165, 1.54) is 4.90 Å². The molecule has 0 radical (unpaired) electrons. The molecule has 2 amide bonds. The molecule has 9 heteroatoms. The number of sulfonamides is 1. The number of nitrogens with one attached hydrogen (secondary N) is 1. The van der Waals surface area contributed by atoms with Crippen molar-refractivity contribution in [2.45, 2.75) is 63.8 Å². The van der Waals surface area contributed by atoms with E-state index in [2.05, 4.69) is 5.32 Å². The van der Waals surface area contributed by atoms with Crippen molar-refractivity contribution < 1.29 is 22.7 Å². The second-order valence-electron chi connectivity index (χ2n) is 12.1. The van der Waals surface area contributed by atoms with Crippen molar-refractivity contribution in [1.29, 1.82) is 0 Å². The van der Waals surface area contributed by atoms with Crippen LogP contribution >= 0.6 is 0 Å². The average Bonchev–Trinajstić information content (AvgIpc) is 3.09. The third-order valence-corrected chi connectivity index (χ3v) is 9.61. The van der Waals surface area contributed by atoms with Gasteiger partial charge in [0.05, 0.1) is 11.9 Å². The van der Waals surface area contributed by atoms with Crippen molar-refractivity contribution >= 4 is 27.5 Å². The third kappa shape index (κ3) is 9.93. The highest BCUT2D eigenvalue weighted by molar-refractivity contribution is 7.92. The molecule has 1 saturated carbocycles. The number of ether oxygens (including phenoxy) is 1. The van der Waals surface area contributed by atoms with Gasteiger partial charge in [-0.1, -0.05) is 110 Å². The Labute approximate surface area is 278 Å². The standard InChI is InChI=1S/C38H43N3O5S/c1-47(44,45)41(34-22-24-35(25-23-34)46-29-32-18-10-4-11-19-32)28-37(42)40(27-31-16-8-3-9-17-31)36(26-30-14-6-2-7-15-30)38(43)39-33-20-12-5-13-21-33/h2-4,6-11,14-19,22-25,33,36H,5,12-13,20-21,26-29H2,1H3,(H,39,43)/t36-/m1/s1. The summed E-state index contributed by atoms with van der Waals surface area (Å²) in [6, 6.07) is 34.7. The highest BCUT2D eigenvalue weighted by Crippen LogP contribution is 2.24. The molecule has 0 unspecified atom stereocenters. The quantitative estimate of drug-likeness (QED) is 0.177. The molecule has 8 nitrogen and oxygen atoms in total. The van der Waals surface area contributed by atoms with Crippen LogP contribution in [0.25, 0.3) is 0 Å². The van der Waals surface area contributed by atoms with Crippen LogP contribution in [-0.4, -0.2) is 50.0 Å². The van der Waals surface area contributed by atoms with Gasteiger partial charge < -0.3 is 15.0 Å². The van der Waals surface area contributed by atoms with Crippen LogP contribution in [0.3, 0.4) is 0 Å². The summed E-state index contributed by atoms with van der Waals surface area (Å²) in [7, 11) is -3.87. The van der Waals surface area contributed by atoms with Gasteiger partial charge in [0.15, 0.2) is 0 Å². The van der Waals surface area contributed by atoms with Crippen LogP contribution in [0.15, 0.2) is 115 Å². The number of carbonyl (C=O) groups excluding carboxylic acids is 2. The van der Waals surface area contributed by atoms with Crippen molar-refractivity contribution in [2.75, 3.05) is 17.1 Å². The maximum atomic E-state index is 14.3. The van der Waals surface area contributed by atoms with Gasteiger partial charge in [0.2, 0.25) is 21.8 Å². The predicted octanol–water partition coefficient (Wildman–Crippen LogP) is 6.12. The van der Waals surface area contributed by atoms with Crippen LogP contribution < -0.4 is 14.4 Å². The first-order valence-electron chi connectivity index (χ1n) is 16.2. The van der Waals surface area contributed by atoms with Gasteiger partial charge in [0.1, 0.15) is 24.9 Å². The molecule has 0 aliphatic heterocycles. The molecule has 0 heterocycles. The molecule has 4 aromatic carbocycles. The Hall–Kier alpha value is -4.63. The number of hydrogen-bond acceptors (Lipinski definition) is 5. The second kappa shape index (κ2) is 16.3. The maximum absolute atomic E-state index is 14.3. The first kappa shape index (κ1) is 33.7. The van der Waals surface area contributed by atoms with Gasteiger partial charge in [-0.2, -0.15) is 0 Å². The first-order valence-corrected chi connectivity index (χ1v) is 18.0. The van der Waals surface area contributed by atoms with Gasteiger partial charge in [-0.3, -0.25) is 13.9 Å². The SMILES string of the molecule is CS(=O)(=O)N(CC(=O)N(Cc1ccccc1)[C@H](Cc1ccccc1)C(=O)NC1CCCCC1)c1ccc(OCc2ccccc2)cc1. The Balaban J connectivity index is 1.41. The maximum Gasteiger partial charge on any atom is 0.244 e. The lowest BCUT2D eigenvalue weighted by Crippen LogP contribution is -2.55. The van der Waals surface area contributed by atoms with Gasteiger partial charge in [0.25, 0.3) is 0 Å². The van der Waals surface area contributed by atoms with E-state index in [0.717, 1.165) is 59.4 Å². The monoisotopic (exact) mass is 653 g/mol. The van der Waals surface area contributed by atoms with Gasteiger partial charge in [-0.25, -0.2) is 8.42 Å². The molecular weight excluding hydrogens is 611 g/mol. The Kier molecular flexibility index (Phi) is 11.7. The lowest BCUT2D eigenvalue weighted by atomic mass is 9.94. The van der Waals surface area contributed by atoms with Gasteiger partial charge >= 0.3 is 0 Å². The van der Waals surface area contributed by atoms with Gasteiger partial charge in [0, 0.05) is 19.0 Å². The highest BCUT2D eigenvalue weighted by atomic mass is 32.2. The highest BCUT2D eigenvalue weighted by Gasteiger charge is 2.34. The Morgan fingerprint density at radius 1 is 0.766 bits per heavy atom. The summed E-state index contributed by atoms with van der Waals surface area (Å²) in [6.45, 7) is 0.0612. The van der Waals surface area contributed by atoms with E-state index in [1.54, 1.807) is 24.3 Å². The number of amides is 2. The second-order valence-corrected chi connectivity index (χ2v) is 14.0. The van der Waals surface area contributed by atoms with E-state index >= 15 is 0 Å². The number of hydrogen-bond donors (Lipinski definition) is 1. The zero-order valence-electron chi connectivity index (χ0n) is 26.8. The van der Waals surface area contributed by atoms with E-state index in [1.807, 2.05) is 91.0 Å². The molecule has 0 spiro atoms. The van der Waals surface area contributed by atoms with Crippen LogP contribution in [-0.2, 0) is 39.2 Å². The van der Waals surface area contributed by atoms with Crippen LogP contribution in [0, 0.1) is 0 Å². The minimum Gasteiger partial charge on any atom is -0.489 e. The predicted molar refractivity (Wildman–Crippen MR) is 185 cm³/mol. The minimum atomic E-state index is -3.87. The normalized spacial score (nSPS) is 14.1. The summed E-state index contributed by atoms with van der Waals surface area (Å²) in [5.74, 6) is -0.121. The van der Waals surface area contributed by atoms with Gasteiger partial charge in [-0.15, -0.1) is 0 Å². The number of nitrogens with zero attached hydrogens (tertiary/aromatic N) is 2. The Morgan fingerprint density at radius 3 is 1.89 bits per heavy atom. The van der Waals surface area contributed by atoms with Crippen molar-refractivity contribution in [1.82, 2.24) is 10.2 Å². The largest absolute Gasteiger partial charge is 0.489 e. The Bertz CT molecular complexity index is 1680. The lowest BCUT2D eigenvalue weighted by Gasteiger charge is -2.35. The number of carbonyl (C=O) groups is 2. The molecule has 0 saturated heterocycles. The van der Waals surface area contributed by atoms with E-state index in [4.69, 9.17) is 4.74 Å². The van der Waals surface area contributed by atoms with Crippen LogP contribution in [0.5, 0.6) is 5.75 Å². The summed E-state index contributed by atoms with van der Waals surface area (Å²) >= 11 is 0. The summed E-state index contributed by atoms with van der Waals surface area (Å²) in [5, 5.41) is 3.23. The topological polar surface area (TPSA) is 96.0 Å². The molecule has 1 fully saturated rings. The molecule has 0 bridgehead atoms. The van der Waals surface area contributed by atoms with Crippen LogP contribution in [0.1, 0.15) is 48.8 Å². The molecular formula is C38H43N3O5S. The molecule has 1 aliphatic rings. The van der Waals surface area contributed by atoms with E-state index < -0.39 is 28.5 Å². The fourth-order valence-electron chi connectivity index (χ4n) is 5.94. The molecule has 1 atom stereocenters. The molecule has 0 aromatic heterocycles. The van der Waals surface area contributed by atoms with E-state index in [0.29, 0.717) is 24.5 Å². The summed E-state index contributed by atoms with van der Waals surface area (Å²) in [5.41, 5.74) is 3.10. The average molecular weight is 654 g/mol. The zero-order valence-corrected chi connectivity index (χ0v) is 27.6. The minimum absolute atomic E-state index is 0.0540. The number of anilines is 1. The van der Waals surface area contributed by atoms with Crippen molar-refractivity contribution in [2.24, 2.45) is 0 Å². The van der Waals surface area contributed by atoms with Crippen molar-refractivity contribution in [3.8, 4) is 5.75 Å². The van der Waals surface area contributed by atoms with Gasteiger partial charge in [-0.05, 0) is 53.8 Å². The van der Waals surface area contributed by atoms with Crippen LogP contribution in [0.2, 0.25) is 0 Å². The van der Waals surface area contributed by atoms with Crippen molar-refractivity contribution in [3.63, 3.8) is 0 Å². The summed E-state index contributed by atoms with van der Waals surface area (Å²) in [4.78, 5) is 29.9. The van der Waals surface area contributed by atoms with Crippen LogP contribution in [0.4, 0.5) is 5.69 Å². The lowest BCUT2D eigenvalue weighted by molar-refractivity contribution is -0.140. The summed E-state index contributed by atoms with van der Waals surface area (Å²) in [6.07, 6.45) is 6.45. The molecule has 47 heavy (non-hydrogen) atoms. The summed E-state index contributed by atoms with van der Waals surface area (Å²) < 4.78 is 33.3. The third-order valence-electron chi connectivity index (χ3n) is 8.47.